The van der Waals surface area contributed by atoms with Crippen LogP contribution in [0.25, 0.3) is 0 Å². The van der Waals surface area contributed by atoms with Crippen molar-refractivity contribution >= 4 is 21.6 Å². The summed E-state index contributed by atoms with van der Waals surface area (Å²) in [5.74, 6) is -0.188. The Kier molecular flexibility index (Phi) is 5.11. The number of alkyl halides is 1. The van der Waals surface area contributed by atoms with Crippen molar-refractivity contribution < 1.29 is 12.8 Å². The third kappa shape index (κ3) is 4.03. The SMILES string of the molecule is O=S(=O)(NCCCCCl)c1cncc(F)c1. The summed E-state index contributed by atoms with van der Waals surface area (Å²) in [6, 6.07) is 0.927. The van der Waals surface area contributed by atoms with Crippen LogP contribution in [0.2, 0.25) is 0 Å². The molecule has 0 aromatic carbocycles. The van der Waals surface area contributed by atoms with Crippen molar-refractivity contribution in [3.8, 4) is 0 Å². The van der Waals surface area contributed by atoms with Gasteiger partial charge in [0.05, 0.1) is 6.20 Å². The Hall–Kier alpha value is -0.720. The topological polar surface area (TPSA) is 59.1 Å². The van der Waals surface area contributed by atoms with Gasteiger partial charge in [-0.05, 0) is 18.9 Å². The van der Waals surface area contributed by atoms with Crippen molar-refractivity contribution in [2.24, 2.45) is 0 Å². The summed E-state index contributed by atoms with van der Waals surface area (Å²) in [5.41, 5.74) is 0. The molecule has 0 aliphatic rings. The van der Waals surface area contributed by atoms with Gasteiger partial charge in [-0.2, -0.15) is 0 Å². The quantitative estimate of drug-likeness (QED) is 0.627. The molecule has 16 heavy (non-hydrogen) atoms. The molecule has 0 saturated carbocycles. The van der Waals surface area contributed by atoms with Gasteiger partial charge in [-0.25, -0.2) is 17.5 Å². The van der Waals surface area contributed by atoms with E-state index in [1.807, 2.05) is 0 Å². The number of halogens is 2. The first-order valence-electron chi connectivity index (χ1n) is 4.72. The molecular formula is C9H12ClFN2O2S. The molecule has 1 rings (SSSR count). The molecule has 0 aliphatic carbocycles. The molecule has 0 unspecified atom stereocenters. The Labute approximate surface area is 98.9 Å². The maximum Gasteiger partial charge on any atom is 0.242 e. The zero-order valence-electron chi connectivity index (χ0n) is 8.49. The van der Waals surface area contributed by atoms with Gasteiger partial charge >= 0.3 is 0 Å². The number of rotatable bonds is 6. The Morgan fingerprint density at radius 1 is 1.38 bits per heavy atom. The largest absolute Gasteiger partial charge is 0.260 e. The lowest BCUT2D eigenvalue weighted by Crippen LogP contribution is -2.25. The second-order valence-electron chi connectivity index (χ2n) is 3.13. The zero-order valence-corrected chi connectivity index (χ0v) is 10.1. The van der Waals surface area contributed by atoms with Crippen LogP contribution in [0.5, 0.6) is 0 Å². The summed E-state index contributed by atoms with van der Waals surface area (Å²) < 4.78 is 38.3. The standard InChI is InChI=1S/C9H12ClFN2O2S/c10-3-1-2-4-13-16(14,15)9-5-8(11)6-12-7-9/h5-7,13H,1-4H2. The first kappa shape index (κ1) is 13.3. The summed E-state index contributed by atoms with van der Waals surface area (Å²) in [7, 11) is -3.66. The molecule has 0 bridgehead atoms. The molecule has 0 spiro atoms. The molecule has 0 radical (unpaired) electrons. The summed E-state index contributed by atoms with van der Waals surface area (Å²) in [6.45, 7) is 0.283. The first-order valence-corrected chi connectivity index (χ1v) is 6.74. The van der Waals surface area contributed by atoms with E-state index < -0.39 is 15.8 Å². The average molecular weight is 267 g/mol. The van der Waals surface area contributed by atoms with Gasteiger partial charge in [0.15, 0.2) is 0 Å². The number of hydrogen-bond acceptors (Lipinski definition) is 3. The van der Waals surface area contributed by atoms with Crippen LogP contribution < -0.4 is 4.72 Å². The molecule has 90 valence electrons. The lowest BCUT2D eigenvalue weighted by molar-refractivity contribution is 0.573. The number of hydrogen-bond donors (Lipinski definition) is 1. The van der Waals surface area contributed by atoms with Gasteiger partial charge in [0.1, 0.15) is 10.7 Å². The predicted molar refractivity (Wildman–Crippen MR) is 59.3 cm³/mol. The van der Waals surface area contributed by atoms with Crippen LogP contribution in [0.3, 0.4) is 0 Å². The van der Waals surface area contributed by atoms with Crippen LogP contribution in [0.15, 0.2) is 23.4 Å². The summed E-state index contributed by atoms with van der Waals surface area (Å²) >= 11 is 5.45. The third-order valence-corrected chi connectivity index (χ3v) is 3.54. The van der Waals surface area contributed by atoms with Crippen molar-refractivity contribution in [2.75, 3.05) is 12.4 Å². The van der Waals surface area contributed by atoms with Gasteiger partial charge in [0.2, 0.25) is 10.0 Å². The van der Waals surface area contributed by atoms with Crippen molar-refractivity contribution in [1.82, 2.24) is 9.71 Å². The van der Waals surface area contributed by atoms with Crippen molar-refractivity contribution in [3.63, 3.8) is 0 Å². The number of nitrogens with one attached hydrogen (secondary N) is 1. The first-order chi connectivity index (χ1) is 7.56. The monoisotopic (exact) mass is 266 g/mol. The predicted octanol–water partition coefficient (Wildman–Crippen LogP) is 1.52. The fourth-order valence-corrected chi connectivity index (χ4v) is 2.28. The van der Waals surface area contributed by atoms with Gasteiger partial charge in [-0.1, -0.05) is 0 Å². The molecule has 0 atom stereocenters. The minimum Gasteiger partial charge on any atom is -0.260 e. The van der Waals surface area contributed by atoms with E-state index in [0.717, 1.165) is 24.9 Å². The minimum atomic E-state index is -3.66. The summed E-state index contributed by atoms with van der Waals surface area (Å²) in [6.07, 6.45) is 3.43. The second kappa shape index (κ2) is 6.12. The Morgan fingerprint density at radius 3 is 2.75 bits per heavy atom. The molecule has 1 aromatic heterocycles. The number of pyridine rings is 1. The Morgan fingerprint density at radius 2 is 2.12 bits per heavy atom. The third-order valence-electron chi connectivity index (χ3n) is 1.84. The highest BCUT2D eigenvalue weighted by molar-refractivity contribution is 7.89. The van der Waals surface area contributed by atoms with Crippen LogP contribution in [0.1, 0.15) is 12.8 Å². The highest BCUT2D eigenvalue weighted by Crippen LogP contribution is 2.08. The van der Waals surface area contributed by atoms with E-state index in [-0.39, 0.29) is 11.4 Å². The average Bonchev–Trinajstić information content (AvgIpc) is 2.24. The lowest BCUT2D eigenvalue weighted by Gasteiger charge is -2.05. The van der Waals surface area contributed by atoms with E-state index >= 15 is 0 Å². The van der Waals surface area contributed by atoms with Gasteiger partial charge in [-0.3, -0.25) is 4.98 Å². The Bertz CT molecular complexity index is 439. The molecule has 0 aliphatic heterocycles. The van der Waals surface area contributed by atoms with Crippen LogP contribution in [-0.4, -0.2) is 25.8 Å². The molecule has 4 nitrogen and oxygen atoms in total. The van der Waals surface area contributed by atoms with Crippen LogP contribution >= 0.6 is 11.6 Å². The smallest absolute Gasteiger partial charge is 0.242 e. The van der Waals surface area contributed by atoms with Gasteiger partial charge < -0.3 is 0 Å². The summed E-state index contributed by atoms with van der Waals surface area (Å²) in [5, 5.41) is 0. The number of unbranched alkanes of at least 4 members (excludes halogenated alkanes) is 1. The maximum absolute atomic E-state index is 12.8. The number of nitrogens with zero attached hydrogens (tertiary/aromatic N) is 1. The molecule has 0 fully saturated rings. The van der Waals surface area contributed by atoms with E-state index in [0.29, 0.717) is 12.3 Å². The molecule has 0 amide bonds. The fourth-order valence-electron chi connectivity index (χ4n) is 1.05. The highest BCUT2D eigenvalue weighted by atomic mass is 35.5. The maximum atomic E-state index is 12.8. The zero-order chi connectivity index (χ0) is 12.0. The molecular weight excluding hydrogens is 255 g/mol. The molecule has 7 heteroatoms. The second-order valence-corrected chi connectivity index (χ2v) is 5.28. The van der Waals surface area contributed by atoms with Gasteiger partial charge in [-0.15, -0.1) is 11.6 Å². The van der Waals surface area contributed by atoms with Crippen molar-refractivity contribution in [2.45, 2.75) is 17.7 Å². The van der Waals surface area contributed by atoms with E-state index in [9.17, 15) is 12.8 Å². The molecule has 1 N–H and O–H groups in total. The molecule has 1 aromatic rings. The van der Waals surface area contributed by atoms with Crippen LogP contribution in [-0.2, 0) is 10.0 Å². The van der Waals surface area contributed by atoms with Crippen LogP contribution in [0.4, 0.5) is 4.39 Å². The molecule has 0 saturated heterocycles. The Balaban J connectivity index is 2.64. The van der Waals surface area contributed by atoms with Crippen LogP contribution in [0, 0.1) is 5.82 Å². The fraction of sp³-hybridized carbons (Fsp3) is 0.444. The normalized spacial score (nSPS) is 11.6. The van der Waals surface area contributed by atoms with E-state index in [1.54, 1.807) is 0 Å². The summed E-state index contributed by atoms with van der Waals surface area (Å²) in [4.78, 5) is 3.31. The van der Waals surface area contributed by atoms with Gasteiger partial charge in [0.25, 0.3) is 0 Å². The number of aromatic nitrogens is 1. The highest BCUT2D eigenvalue weighted by Gasteiger charge is 2.14. The van der Waals surface area contributed by atoms with Gasteiger partial charge in [0, 0.05) is 18.6 Å². The van der Waals surface area contributed by atoms with E-state index in [1.165, 1.54) is 0 Å². The number of sulfonamides is 1. The van der Waals surface area contributed by atoms with E-state index in [4.69, 9.17) is 11.6 Å². The van der Waals surface area contributed by atoms with E-state index in [2.05, 4.69) is 9.71 Å². The minimum absolute atomic E-state index is 0.168. The molecule has 1 heterocycles. The van der Waals surface area contributed by atoms with Crippen molar-refractivity contribution in [3.05, 3.63) is 24.3 Å². The lowest BCUT2D eigenvalue weighted by atomic mass is 10.3. The van der Waals surface area contributed by atoms with Crippen molar-refractivity contribution in [1.29, 1.82) is 0 Å².